The lowest BCUT2D eigenvalue weighted by atomic mass is 10.1. The van der Waals surface area contributed by atoms with E-state index in [9.17, 15) is 19.7 Å². The van der Waals surface area contributed by atoms with Crippen LogP contribution in [-0.2, 0) is 9.53 Å². The van der Waals surface area contributed by atoms with Gasteiger partial charge in [-0.25, -0.2) is 4.79 Å². The number of carboxylic acid groups (broad SMARTS) is 1. The van der Waals surface area contributed by atoms with E-state index in [1.807, 2.05) is 0 Å². The van der Waals surface area contributed by atoms with Crippen molar-refractivity contribution in [2.75, 3.05) is 19.7 Å². The summed E-state index contributed by atoms with van der Waals surface area (Å²) in [6.07, 6.45) is 0.590. The average molecular weight is 338 g/mol. The number of nitro groups is 1. The number of piperidine rings is 1. The average Bonchev–Trinajstić information content (AvgIpc) is 2.55. The van der Waals surface area contributed by atoms with Gasteiger partial charge in [-0.05, 0) is 25.0 Å². The first-order valence-corrected chi connectivity index (χ1v) is 7.50. The number of ether oxygens (including phenoxy) is 2. The van der Waals surface area contributed by atoms with Crippen LogP contribution in [0.2, 0.25) is 0 Å². The second-order valence-corrected chi connectivity index (χ2v) is 5.32. The van der Waals surface area contributed by atoms with Crippen molar-refractivity contribution in [2.45, 2.75) is 25.4 Å². The predicted molar refractivity (Wildman–Crippen MR) is 81.9 cm³/mol. The summed E-state index contributed by atoms with van der Waals surface area (Å²) in [7, 11) is 0. The van der Waals surface area contributed by atoms with Crippen molar-refractivity contribution < 1.29 is 29.1 Å². The maximum atomic E-state index is 12.0. The summed E-state index contributed by atoms with van der Waals surface area (Å²) in [6, 6.07) is 5.28. The second-order valence-electron chi connectivity index (χ2n) is 5.32. The van der Waals surface area contributed by atoms with Crippen LogP contribution in [0, 0.1) is 10.1 Å². The van der Waals surface area contributed by atoms with Gasteiger partial charge in [0, 0.05) is 25.2 Å². The van der Waals surface area contributed by atoms with Gasteiger partial charge in [0.1, 0.15) is 5.75 Å². The Kier molecular flexibility index (Phi) is 6.07. The van der Waals surface area contributed by atoms with Crippen molar-refractivity contribution in [2.24, 2.45) is 0 Å². The summed E-state index contributed by atoms with van der Waals surface area (Å²) in [6.45, 7) is 1.06. The quantitative estimate of drug-likeness (QED) is 0.622. The van der Waals surface area contributed by atoms with Crippen LogP contribution in [0.4, 0.5) is 10.5 Å². The number of carbonyl (C=O) groups excluding carboxylic acids is 1. The molecule has 0 saturated carbocycles. The Morgan fingerprint density at radius 3 is 2.42 bits per heavy atom. The van der Waals surface area contributed by atoms with Crippen LogP contribution in [0.1, 0.15) is 19.3 Å². The van der Waals surface area contributed by atoms with Crippen molar-refractivity contribution in [1.29, 1.82) is 0 Å². The number of rotatable bonds is 6. The SMILES string of the molecule is O=C(O)CCOC1CCN(C(=O)Oc2ccc([N+](=O)[O-])cc2)CC1. The van der Waals surface area contributed by atoms with E-state index in [-0.39, 0.29) is 30.6 Å². The summed E-state index contributed by atoms with van der Waals surface area (Å²) in [5.41, 5.74) is -0.0749. The molecule has 1 heterocycles. The molecule has 1 amide bonds. The largest absolute Gasteiger partial charge is 0.481 e. The van der Waals surface area contributed by atoms with Crippen LogP contribution in [0.25, 0.3) is 0 Å². The molecule has 1 aliphatic heterocycles. The van der Waals surface area contributed by atoms with Crippen LogP contribution in [0.15, 0.2) is 24.3 Å². The van der Waals surface area contributed by atoms with Crippen molar-refractivity contribution in [1.82, 2.24) is 4.90 Å². The summed E-state index contributed by atoms with van der Waals surface area (Å²) < 4.78 is 10.6. The van der Waals surface area contributed by atoms with Crippen molar-refractivity contribution >= 4 is 17.7 Å². The minimum Gasteiger partial charge on any atom is -0.481 e. The molecule has 9 heteroatoms. The molecule has 9 nitrogen and oxygen atoms in total. The standard InChI is InChI=1S/C15H18N2O7/c18-14(19)7-10-23-12-5-8-16(9-6-12)15(20)24-13-3-1-11(2-4-13)17(21)22/h1-4,12H,5-10H2,(H,18,19). The minimum absolute atomic E-state index is 0.0393. The molecule has 1 N–H and O–H groups in total. The molecule has 0 atom stereocenters. The number of benzene rings is 1. The van der Waals surface area contributed by atoms with Crippen molar-refractivity contribution in [3.05, 3.63) is 34.4 Å². The molecule has 1 saturated heterocycles. The van der Waals surface area contributed by atoms with Gasteiger partial charge in [-0.1, -0.05) is 0 Å². The topological polar surface area (TPSA) is 119 Å². The van der Waals surface area contributed by atoms with Crippen LogP contribution in [-0.4, -0.2) is 52.8 Å². The molecule has 2 rings (SSSR count). The molecular formula is C15H18N2O7. The predicted octanol–water partition coefficient (Wildman–Crippen LogP) is 2.05. The number of carboxylic acids is 1. The molecule has 1 fully saturated rings. The monoisotopic (exact) mass is 338 g/mol. The number of hydrogen-bond acceptors (Lipinski definition) is 6. The molecular weight excluding hydrogens is 320 g/mol. The number of non-ortho nitro benzene ring substituents is 1. The zero-order chi connectivity index (χ0) is 17.5. The maximum Gasteiger partial charge on any atom is 0.415 e. The molecule has 0 aliphatic carbocycles. The van der Waals surface area contributed by atoms with Crippen LogP contribution in [0.3, 0.4) is 0 Å². The highest BCUT2D eigenvalue weighted by molar-refractivity contribution is 5.71. The first kappa shape index (κ1) is 17.7. The lowest BCUT2D eigenvalue weighted by Gasteiger charge is -2.31. The Labute approximate surface area is 137 Å². The molecule has 1 aromatic rings. The summed E-state index contributed by atoms with van der Waals surface area (Å²) >= 11 is 0. The number of nitro benzene ring substituents is 1. The molecule has 0 radical (unpaired) electrons. The first-order valence-electron chi connectivity index (χ1n) is 7.50. The van der Waals surface area contributed by atoms with E-state index < -0.39 is 17.0 Å². The lowest BCUT2D eigenvalue weighted by Crippen LogP contribution is -2.42. The van der Waals surface area contributed by atoms with E-state index in [0.717, 1.165) is 0 Å². The fourth-order valence-electron chi connectivity index (χ4n) is 2.32. The van der Waals surface area contributed by atoms with Gasteiger partial charge in [0.05, 0.1) is 24.1 Å². The van der Waals surface area contributed by atoms with Crippen molar-refractivity contribution in [3.63, 3.8) is 0 Å². The highest BCUT2D eigenvalue weighted by atomic mass is 16.6. The number of amides is 1. The van der Waals surface area contributed by atoms with Gasteiger partial charge in [-0.2, -0.15) is 0 Å². The van der Waals surface area contributed by atoms with Crippen LogP contribution in [0.5, 0.6) is 5.75 Å². The first-order chi connectivity index (χ1) is 11.5. The fraction of sp³-hybridized carbons (Fsp3) is 0.467. The zero-order valence-corrected chi connectivity index (χ0v) is 12.9. The Morgan fingerprint density at radius 2 is 1.88 bits per heavy atom. The van der Waals surface area contributed by atoms with Crippen LogP contribution >= 0.6 is 0 Å². The fourth-order valence-corrected chi connectivity index (χ4v) is 2.32. The van der Waals surface area contributed by atoms with E-state index in [2.05, 4.69) is 0 Å². The third kappa shape index (κ3) is 5.20. The Morgan fingerprint density at radius 1 is 1.25 bits per heavy atom. The van der Waals surface area contributed by atoms with Gasteiger partial charge >= 0.3 is 12.1 Å². The summed E-state index contributed by atoms with van der Waals surface area (Å²) in [4.78, 5) is 34.0. The molecule has 0 aromatic heterocycles. The van der Waals surface area contributed by atoms with E-state index in [1.165, 1.54) is 29.2 Å². The Balaban J connectivity index is 1.76. The van der Waals surface area contributed by atoms with E-state index in [4.69, 9.17) is 14.6 Å². The maximum absolute atomic E-state index is 12.0. The molecule has 24 heavy (non-hydrogen) atoms. The van der Waals surface area contributed by atoms with E-state index >= 15 is 0 Å². The third-order valence-electron chi connectivity index (χ3n) is 3.62. The minimum atomic E-state index is -0.904. The van der Waals surface area contributed by atoms with E-state index in [1.54, 1.807) is 0 Å². The van der Waals surface area contributed by atoms with Gasteiger partial charge in [0.25, 0.3) is 5.69 Å². The number of likely N-dealkylation sites (tertiary alicyclic amines) is 1. The number of carbonyl (C=O) groups is 2. The normalized spacial score (nSPS) is 15.1. The molecule has 130 valence electrons. The third-order valence-corrected chi connectivity index (χ3v) is 3.62. The second kappa shape index (κ2) is 8.25. The van der Waals surface area contributed by atoms with Gasteiger partial charge in [-0.15, -0.1) is 0 Å². The van der Waals surface area contributed by atoms with Gasteiger partial charge in [0.2, 0.25) is 0 Å². The highest BCUT2D eigenvalue weighted by Crippen LogP contribution is 2.20. The number of hydrogen-bond donors (Lipinski definition) is 1. The van der Waals surface area contributed by atoms with Gasteiger partial charge < -0.3 is 19.5 Å². The lowest BCUT2D eigenvalue weighted by molar-refractivity contribution is -0.384. The van der Waals surface area contributed by atoms with E-state index in [0.29, 0.717) is 25.9 Å². The number of aliphatic carboxylic acids is 1. The van der Waals surface area contributed by atoms with Crippen LogP contribution < -0.4 is 4.74 Å². The molecule has 0 spiro atoms. The molecule has 1 aromatic carbocycles. The molecule has 0 unspecified atom stereocenters. The highest BCUT2D eigenvalue weighted by Gasteiger charge is 2.24. The Hall–Kier alpha value is -2.68. The van der Waals surface area contributed by atoms with Crippen molar-refractivity contribution in [3.8, 4) is 5.75 Å². The van der Waals surface area contributed by atoms with Gasteiger partial charge in [0.15, 0.2) is 0 Å². The summed E-state index contributed by atoms with van der Waals surface area (Å²) in [5, 5.41) is 19.1. The molecule has 1 aliphatic rings. The smallest absolute Gasteiger partial charge is 0.415 e. The zero-order valence-electron chi connectivity index (χ0n) is 12.9. The molecule has 0 bridgehead atoms. The van der Waals surface area contributed by atoms with Gasteiger partial charge in [-0.3, -0.25) is 14.9 Å². The number of nitrogens with zero attached hydrogens (tertiary/aromatic N) is 2. The summed E-state index contributed by atoms with van der Waals surface area (Å²) in [5.74, 6) is -0.662. The Bertz CT molecular complexity index is 594.